The Labute approximate surface area is 221 Å². The first-order valence-electron chi connectivity index (χ1n) is 12.0. The SMILES string of the molecule is Cc1ccc2nc(-c3ccc(NC(=O)c4cc5cccnc5n(Cc5ccccc5F)c4=O)cc3)sc2c1. The van der Waals surface area contributed by atoms with Crippen molar-refractivity contribution in [2.45, 2.75) is 13.5 Å². The molecule has 8 heteroatoms. The van der Waals surface area contributed by atoms with Crippen molar-refractivity contribution in [3.8, 4) is 10.6 Å². The van der Waals surface area contributed by atoms with Crippen LogP contribution in [-0.2, 0) is 6.54 Å². The van der Waals surface area contributed by atoms with Crippen molar-refractivity contribution in [1.82, 2.24) is 14.5 Å². The van der Waals surface area contributed by atoms with Gasteiger partial charge in [0.1, 0.15) is 22.0 Å². The molecule has 6 nitrogen and oxygen atoms in total. The fourth-order valence-electron chi connectivity index (χ4n) is 4.36. The molecule has 0 aliphatic heterocycles. The Bertz CT molecular complexity index is 1890. The maximum atomic E-state index is 14.4. The lowest BCUT2D eigenvalue weighted by Crippen LogP contribution is -2.30. The van der Waals surface area contributed by atoms with Gasteiger partial charge in [-0.15, -0.1) is 11.3 Å². The molecule has 0 saturated heterocycles. The third-order valence-corrected chi connectivity index (χ3v) is 7.38. The number of pyridine rings is 2. The number of aryl methyl sites for hydroxylation is 1. The first kappa shape index (κ1) is 23.7. The maximum absolute atomic E-state index is 14.4. The monoisotopic (exact) mass is 520 g/mol. The van der Waals surface area contributed by atoms with Crippen LogP contribution in [0.25, 0.3) is 31.8 Å². The minimum absolute atomic E-state index is 0.0451. The highest BCUT2D eigenvalue weighted by molar-refractivity contribution is 7.21. The van der Waals surface area contributed by atoms with E-state index in [4.69, 9.17) is 4.98 Å². The second-order valence-electron chi connectivity index (χ2n) is 8.98. The third-order valence-electron chi connectivity index (χ3n) is 6.31. The Balaban J connectivity index is 1.30. The van der Waals surface area contributed by atoms with Crippen molar-refractivity contribution in [3.05, 3.63) is 124 Å². The largest absolute Gasteiger partial charge is 0.322 e. The zero-order chi connectivity index (χ0) is 26.2. The summed E-state index contributed by atoms with van der Waals surface area (Å²) in [5.41, 5.74) is 3.74. The lowest BCUT2D eigenvalue weighted by atomic mass is 10.1. The van der Waals surface area contributed by atoms with Gasteiger partial charge in [-0.2, -0.15) is 0 Å². The molecule has 1 N–H and O–H groups in total. The number of benzene rings is 3. The Kier molecular flexibility index (Phi) is 6.01. The maximum Gasteiger partial charge on any atom is 0.265 e. The molecule has 0 spiro atoms. The smallest absolute Gasteiger partial charge is 0.265 e. The molecule has 0 unspecified atom stereocenters. The summed E-state index contributed by atoms with van der Waals surface area (Å²) in [6.45, 7) is 2.01. The average molecular weight is 521 g/mol. The van der Waals surface area contributed by atoms with Crippen LogP contribution in [0.1, 0.15) is 21.5 Å². The highest BCUT2D eigenvalue weighted by Gasteiger charge is 2.18. The van der Waals surface area contributed by atoms with Crippen LogP contribution in [0, 0.1) is 12.7 Å². The van der Waals surface area contributed by atoms with Crippen molar-refractivity contribution in [3.63, 3.8) is 0 Å². The zero-order valence-electron chi connectivity index (χ0n) is 20.3. The molecule has 0 saturated carbocycles. The van der Waals surface area contributed by atoms with Crippen LogP contribution in [-0.4, -0.2) is 20.4 Å². The van der Waals surface area contributed by atoms with E-state index >= 15 is 0 Å². The Morgan fingerprint density at radius 2 is 1.82 bits per heavy atom. The summed E-state index contributed by atoms with van der Waals surface area (Å²) in [6, 6.07) is 24.8. The number of rotatable bonds is 5. The van der Waals surface area contributed by atoms with E-state index in [1.54, 1.807) is 60.0 Å². The molecule has 3 heterocycles. The number of carbonyl (C=O) groups is 1. The van der Waals surface area contributed by atoms with Crippen LogP contribution in [0.15, 0.2) is 95.9 Å². The second-order valence-corrected chi connectivity index (χ2v) is 10.0. The van der Waals surface area contributed by atoms with Crippen LogP contribution in [0.4, 0.5) is 10.1 Å². The number of nitrogens with zero attached hydrogens (tertiary/aromatic N) is 3. The predicted molar refractivity (Wildman–Crippen MR) is 149 cm³/mol. The standard InChI is InChI=1S/C30H21FN4O2S/c1-18-8-13-25-26(15-18)38-29(34-25)19-9-11-22(12-10-19)33-28(36)23-16-20-6-4-14-32-27(20)35(30(23)37)17-21-5-2-3-7-24(21)31/h2-16H,17H2,1H3,(H,33,36). The first-order chi connectivity index (χ1) is 18.5. The zero-order valence-corrected chi connectivity index (χ0v) is 21.1. The number of hydrogen-bond acceptors (Lipinski definition) is 5. The van der Waals surface area contributed by atoms with Gasteiger partial charge in [0.05, 0.1) is 16.8 Å². The fraction of sp³-hybridized carbons (Fsp3) is 0.0667. The Hall–Kier alpha value is -4.69. The van der Waals surface area contributed by atoms with E-state index in [0.29, 0.717) is 22.3 Å². The number of halogens is 1. The van der Waals surface area contributed by atoms with Crippen LogP contribution >= 0.6 is 11.3 Å². The van der Waals surface area contributed by atoms with Crippen molar-refractivity contribution in [1.29, 1.82) is 0 Å². The highest BCUT2D eigenvalue weighted by Crippen LogP contribution is 2.31. The lowest BCUT2D eigenvalue weighted by molar-refractivity contribution is 0.102. The molecule has 6 aromatic rings. The van der Waals surface area contributed by atoms with Gasteiger partial charge in [0.2, 0.25) is 0 Å². The minimum atomic E-state index is -0.550. The predicted octanol–water partition coefficient (Wildman–Crippen LogP) is 6.42. The van der Waals surface area contributed by atoms with E-state index in [2.05, 4.69) is 23.3 Å². The van der Waals surface area contributed by atoms with E-state index in [1.807, 2.05) is 24.3 Å². The summed E-state index contributed by atoms with van der Waals surface area (Å²) < 4.78 is 16.8. The number of aromatic nitrogens is 3. The van der Waals surface area contributed by atoms with Crippen LogP contribution in [0.2, 0.25) is 0 Å². The van der Waals surface area contributed by atoms with E-state index in [1.165, 1.54) is 22.3 Å². The van der Waals surface area contributed by atoms with Gasteiger partial charge in [0.25, 0.3) is 11.5 Å². The van der Waals surface area contributed by atoms with Crippen molar-refractivity contribution >= 4 is 44.2 Å². The Morgan fingerprint density at radius 3 is 2.63 bits per heavy atom. The average Bonchev–Trinajstić information content (AvgIpc) is 3.35. The number of hydrogen-bond donors (Lipinski definition) is 1. The van der Waals surface area contributed by atoms with E-state index in [9.17, 15) is 14.0 Å². The minimum Gasteiger partial charge on any atom is -0.322 e. The van der Waals surface area contributed by atoms with E-state index in [0.717, 1.165) is 20.8 Å². The first-order valence-corrected chi connectivity index (χ1v) is 12.8. The van der Waals surface area contributed by atoms with E-state index in [-0.39, 0.29) is 12.1 Å². The van der Waals surface area contributed by atoms with Gasteiger partial charge in [-0.1, -0.05) is 24.3 Å². The molecule has 1 amide bonds. The molecule has 3 aromatic heterocycles. The molecule has 186 valence electrons. The molecular formula is C30H21FN4O2S. The molecule has 38 heavy (non-hydrogen) atoms. The molecule has 0 atom stereocenters. The molecule has 0 radical (unpaired) electrons. The number of amides is 1. The molecule has 0 fully saturated rings. The molecule has 3 aromatic carbocycles. The summed E-state index contributed by atoms with van der Waals surface area (Å²) >= 11 is 1.61. The van der Waals surface area contributed by atoms with Crippen LogP contribution in [0.3, 0.4) is 0 Å². The van der Waals surface area contributed by atoms with Gasteiger partial charge in [-0.05, 0) is 73.2 Å². The van der Waals surface area contributed by atoms with Crippen LogP contribution < -0.4 is 10.9 Å². The Morgan fingerprint density at radius 1 is 1.00 bits per heavy atom. The molecule has 0 aliphatic rings. The lowest BCUT2D eigenvalue weighted by Gasteiger charge is -2.13. The van der Waals surface area contributed by atoms with Gasteiger partial charge >= 0.3 is 0 Å². The third kappa shape index (κ3) is 4.46. The van der Waals surface area contributed by atoms with Gasteiger partial charge in [0.15, 0.2) is 0 Å². The van der Waals surface area contributed by atoms with Gasteiger partial charge in [0, 0.05) is 28.4 Å². The fourth-order valence-corrected chi connectivity index (χ4v) is 5.43. The second kappa shape index (κ2) is 9.64. The summed E-state index contributed by atoms with van der Waals surface area (Å²) in [5.74, 6) is -0.979. The number of carbonyl (C=O) groups excluding carboxylic acids is 1. The van der Waals surface area contributed by atoms with Crippen molar-refractivity contribution in [2.75, 3.05) is 5.32 Å². The van der Waals surface area contributed by atoms with Crippen molar-refractivity contribution in [2.24, 2.45) is 0 Å². The quantitative estimate of drug-likeness (QED) is 0.285. The van der Waals surface area contributed by atoms with Crippen LogP contribution in [0.5, 0.6) is 0 Å². The number of anilines is 1. The molecule has 6 rings (SSSR count). The molecule has 0 aliphatic carbocycles. The number of nitrogens with one attached hydrogen (secondary N) is 1. The van der Waals surface area contributed by atoms with Gasteiger partial charge in [-0.3, -0.25) is 14.2 Å². The number of thiazole rings is 1. The van der Waals surface area contributed by atoms with E-state index < -0.39 is 17.3 Å². The normalized spacial score (nSPS) is 11.2. The number of fused-ring (bicyclic) bond motifs is 2. The topological polar surface area (TPSA) is 76.9 Å². The summed E-state index contributed by atoms with van der Waals surface area (Å²) in [6.07, 6.45) is 1.56. The summed E-state index contributed by atoms with van der Waals surface area (Å²) in [5, 5.41) is 4.31. The molecule has 0 bridgehead atoms. The summed E-state index contributed by atoms with van der Waals surface area (Å²) in [4.78, 5) is 35.7. The van der Waals surface area contributed by atoms with Crippen molar-refractivity contribution < 1.29 is 9.18 Å². The molecular weight excluding hydrogens is 499 g/mol. The van der Waals surface area contributed by atoms with Gasteiger partial charge < -0.3 is 5.32 Å². The summed E-state index contributed by atoms with van der Waals surface area (Å²) in [7, 11) is 0. The highest BCUT2D eigenvalue weighted by atomic mass is 32.1. The van der Waals surface area contributed by atoms with Gasteiger partial charge in [-0.25, -0.2) is 14.4 Å².